The van der Waals surface area contributed by atoms with Crippen LogP contribution in [0.25, 0.3) is 0 Å². The van der Waals surface area contributed by atoms with Crippen molar-refractivity contribution < 1.29 is 303 Å². The summed E-state index contributed by atoms with van der Waals surface area (Å²) in [5, 5.41) is 75.6. The van der Waals surface area contributed by atoms with Crippen molar-refractivity contribution in [3.8, 4) is 0 Å². The normalized spacial score (nSPS) is 38.1. The molecule has 11 aliphatic heterocycles. The summed E-state index contributed by atoms with van der Waals surface area (Å²) in [6.07, 6.45) is 11.1. The third-order valence-corrected chi connectivity index (χ3v) is 26.4. The molecule has 10 N–H and O–H groups in total. The number of hydrogen-bond donors (Lipinski definition) is 9. The minimum absolute atomic E-state index is 0. The predicted octanol–water partition coefficient (Wildman–Crippen LogP) is 5.19. The van der Waals surface area contributed by atoms with Gasteiger partial charge in [-0.3, -0.25) is 38.8 Å². The number of aliphatic hydroxyl groups is 8. The second-order valence-electron chi connectivity index (χ2n) is 32.2. The van der Waals surface area contributed by atoms with Gasteiger partial charge in [0.05, 0.1) is 133 Å². The van der Waals surface area contributed by atoms with Crippen LogP contribution < -0.4 is 29.6 Å². The van der Waals surface area contributed by atoms with E-state index in [0.717, 1.165) is 65.0 Å². The molecular formula is C80H159Cl2NaO30S3U4-4. The number of carboxylic acid groups (broad SMARTS) is 1. The van der Waals surface area contributed by atoms with Crippen LogP contribution in [0.4, 0.5) is 0 Å². The maximum atomic E-state index is 11.1. The minimum Gasteiger partial charge on any atom is -0.870 e. The largest absolute Gasteiger partial charge is 1.00 e. The molecule has 0 aromatic carbocycles. The van der Waals surface area contributed by atoms with E-state index in [4.69, 9.17) is 94.2 Å². The Hall–Kier alpha value is 4.23. The molecule has 0 spiro atoms. The van der Waals surface area contributed by atoms with Crippen molar-refractivity contribution in [2.75, 3.05) is 151 Å². The van der Waals surface area contributed by atoms with Crippen molar-refractivity contribution in [3.63, 3.8) is 0 Å². The van der Waals surface area contributed by atoms with E-state index in [-0.39, 0.29) is 268 Å². The SMILES string of the molecule is C.CC(=O)O.CC1C2[CH-]COC1(CO)CO2.CC1COC(CO)(CO)C(C)C1C.CC1COC(CO)C(C)C1C.CCC1(COS(C)(=O)=O)OCC(C)C(C)C1C.CCC1(COS(C)(=O)=O)OC[CH-]C(O)C1C.CCC12COC([CH-]CO1)C2C.CS(=O)(=O)Cl.OCC12COC([CH-]CO1)C2O.[2H]C([3H])Cl.[2H]CC1OCC(C)C(C)C1C.[2H][2H].[3H]OC.[Na+].[OH-].[U].[U].[U].[U]. The van der Waals surface area contributed by atoms with Crippen LogP contribution in [0.15, 0.2) is 0 Å². The molecule has 11 fully saturated rings. The quantitative estimate of drug-likeness (QED) is 0.0355. The molecular weight excluding hydrogens is 2580 g/mol. The molecule has 11 heterocycles. The van der Waals surface area contributed by atoms with Crippen LogP contribution in [0.5, 0.6) is 0 Å². The number of fused-ring (bicyclic) bond motifs is 6. The Bertz CT molecular complexity index is 2940. The smallest absolute Gasteiger partial charge is 0.870 e. The Morgan fingerprint density at radius 3 is 1.23 bits per heavy atom. The van der Waals surface area contributed by atoms with Crippen molar-refractivity contribution in [1.29, 1.82) is 1.43 Å². The topological polar surface area (TPSA) is 452 Å². The molecule has 6 bridgehead atoms. The van der Waals surface area contributed by atoms with Gasteiger partial charge in [0, 0.05) is 176 Å². The van der Waals surface area contributed by atoms with E-state index >= 15 is 0 Å². The van der Waals surface area contributed by atoms with E-state index in [9.17, 15) is 45.7 Å². The predicted molar refractivity (Wildman–Crippen MR) is 446 cm³/mol. The first-order chi connectivity index (χ1) is 55.2. The fraction of sp³-hybridized carbons (Fsp3) is 0.938. The van der Waals surface area contributed by atoms with Crippen molar-refractivity contribution in [3.05, 3.63) is 25.7 Å². The molecule has 30 nitrogen and oxygen atoms in total. The van der Waals surface area contributed by atoms with Crippen LogP contribution >= 0.6 is 22.3 Å². The number of carbonyl (C=O) groups is 1. The van der Waals surface area contributed by atoms with Crippen LogP contribution in [0, 0.1) is 239 Å². The van der Waals surface area contributed by atoms with Crippen molar-refractivity contribution in [1.82, 2.24) is 0 Å². The van der Waals surface area contributed by atoms with E-state index in [0.29, 0.717) is 130 Å². The molecule has 28 unspecified atom stereocenters. The van der Waals surface area contributed by atoms with Crippen LogP contribution in [0.3, 0.4) is 0 Å². The molecule has 11 aliphatic rings. The second kappa shape index (κ2) is 67.4. The maximum Gasteiger partial charge on any atom is 1.00 e. The number of halogens is 2. The van der Waals surface area contributed by atoms with Gasteiger partial charge < -0.3 is 104 Å². The Kier molecular flexibility index (Phi) is 72.1. The Labute approximate surface area is 859 Å². The molecule has 0 amide bonds. The van der Waals surface area contributed by atoms with Crippen molar-refractivity contribution >= 4 is 57.5 Å². The van der Waals surface area contributed by atoms with E-state index in [1.807, 2.05) is 34.1 Å². The number of aliphatic hydroxyl groups excluding tert-OH is 8. The fourth-order valence-corrected chi connectivity index (χ4v) is 15.6. The molecule has 0 aromatic rings. The summed E-state index contributed by atoms with van der Waals surface area (Å²) in [5.74, 6) is 6.00. The van der Waals surface area contributed by atoms with Gasteiger partial charge in [0.1, 0.15) is 16.8 Å². The van der Waals surface area contributed by atoms with Crippen LogP contribution in [-0.2, 0) is 94.6 Å². The third kappa shape index (κ3) is 44.4. The molecule has 11 saturated heterocycles. The Morgan fingerprint density at radius 1 is 0.525 bits per heavy atom. The van der Waals surface area contributed by atoms with Gasteiger partial charge in [-0.2, -0.15) is 16.8 Å². The summed E-state index contributed by atoms with van der Waals surface area (Å²) in [6.45, 7) is 46.4. The van der Waals surface area contributed by atoms with Gasteiger partial charge in [-0.1, -0.05) is 177 Å². The fourth-order valence-electron chi connectivity index (χ4n) is 14.8. The number of rotatable bonds is 14. The minimum atomic E-state index is -3.48. The zero-order valence-corrected chi connectivity index (χ0v) is 97.8. The average molecular weight is 2750 g/mol. The van der Waals surface area contributed by atoms with E-state index in [1.165, 1.54) is 7.11 Å². The second-order valence-corrected chi connectivity index (χ2v) is 38.6. The van der Waals surface area contributed by atoms with Crippen LogP contribution in [-0.4, -0.2) is 312 Å². The first-order valence-electron chi connectivity index (χ1n) is 42.6. The molecule has 40 heteroatoms. The van der Waals surface area contributed by atoms with Crippen molar-refractivity contribution in [2.45, 2.75) is 241 Å². The van der Waals surface area contributed by atoms with Crippen molar-refractivity contribution in [2.24, 2.45) is 88.8 Å². The number of hydrogen-bond acceptors (Lipinski definition) is 29. The molecule has 28 atom stereocenters. The van der Waals surface area contributed by atoms with Gasteiger partial charge in [-0.25, -0.2) is 8.42 Å². The summed E-state index contributed by atoms with van der Waals surface area (Å²) in [6, 6.07) is 0. The summed E-state index contributed by atoms with van der Waals surface area (Å²) >= 11 is 4.61. The number of aliphatic carboxylic acids is 1. The summed E-state index contributed by atoms with van der Waals surface area (Å²) in [7, 11) is -4.29. The van der Waals surface area contributed by atoms with Gasteiger partial charge in [-0.05, 0) is 121 Å². The number of alkyl halides is 1. The van der Waals surface area contributed by atoms with E-state index < -0.39 is 81.8 Å². The number of carboxylic acids is 1. The summed E-state index contributed by atoms with van der Waals surface area (Å²) in [5.41, 5.74) is -3.11. The zero-order valence-electron chi connectivity index (χ0n) is 81.2. The Morgan fingerprint density at radius 2 is 0.858 bits per heavy atom. The summed E-state index contributed by atoms with van der Waals surface area (Å²) < 4.78 is 168. The molecule has 0 aromatic heterocycles. The van der Waals surface area contributed by atoms with Gasteiger partial charge in [0.15, 0.2) is 0 Å². The first-order valence-corrected chi connectivity index (χ1v) is 46.1. The number of ether oxygens (including phenoxy) is 11. The Balaban J connectivity index is -0.000000172. The van der Waals surface area contributed by atoms with Gasteiger partial charge in [0.25, 0.3) is 26.2 Å². The van der Waals surface area contributed by atoms with Gasteiger partial charge in [0.2, 0.25) is 10.5 Å². The van der Waals surface area contributed by atoms with Gasteiger partial charge in [-0.15, -0.1) is 11.6 Å². The molecule has 0 aliphatic carbocycles. The van der Waals surface area contributed by atoms with Crippen LogP contribution in [0.2, 0.25) is 0 Å². The molecule has 11 rings (SSSR count). The van der Waals surface area contributed by atoms with E-state index in [1.54, 1.807) is 12.8 Å². The standard InChI is InChI=1S/C12H24O4S.C10H19O5S.C10H20O3.C9H15O2.C9H18O2.C9H18O.C8H13O3.C7H11O4.C2H4O2.CH3ClO2S.CH3Cl.CH4O.CH4.Na.H2O.4U.H2/c1-6-12(8-16-17(5,13)14)11(4)10(3)9(2)7-15-12;1-4-10(7-15-16(3,12)13)8(2)9(11)5-6-14-10;1-7-4-13-10(5-11,6-12)9(3)8(7)2;1-3-9-6-10-8(7(9)2)4-5-11-9;1-6-5-11-9(4-10)8(3)7(6)2;1-6-5-10-9(4)8(3)7(6)2;1-6-7-2-3-11-8(6,4-9)5-10-7;8-3-7-4-10-5(6(7)9)1-2-11-7;1-2(3)4;1-5(2,3)4;2*1-2;;;;;;;;/h9-11H,6-8H2,1-5H3;5,8-9,11H,4,6-7H2,1-3H3;7-9,11-12H,4-6H2,1-3H3;4,7-8H,3,5-6H2,1-2H3;6-10H,4-5H2,1-3H3;6-9H,5H2,1-4H3;2,6-7,9H,3-5H2,1H3;1,5-6,8-9H,2-4H2;1H3,(H,3,4);1H3;1H3;2H,1H3;1H4;;1H2;;;;;1H/q;-1;;-1;;;2*-1;;;;;;+1;;;;;;/p-1/i;;;;;4D;;;;;1TD;2T;;;;;;;;1+1D. The molecule has 0 saturated carbocycles. The monoisotopic (exact) mass is 2750 g/mol. The van der Waals surface area contributed by atoms with Crippen LogP contribution in [0.1, 0.15) is 172 Å². The summed E-state index contributed by atoms with van der Waals surface area (Å²) in [4.78, 5) is 9.00. The average Bonchev–Trinajstić information content (AvgIpc) is 1.10. The van der Waals surface area contributed by atoms with E-state index in [2.05, 4.69) is 131 Å². The zero-order chi connectivity index (χ0) is 92.6. The first kappa shape index (κ1) is 128. The third-order valence-electron chi connectivity index (χ3n) is 25.4. The molecule has 120 heavy (non-hydrogen) atoms. The van der Waals surface area contributed by atoms with Gasteiger partial charge >= 0.3 is 29.6 Å². The molecule has 712 valence electrons. The maximum absolute atomic E-state index is 11.1. The molecule has 0 radical (unpaired) electrons.